The van der Waals surface area contributed by atoms with Crippen LogP contribution in [-0.2, 0) is 0 Å². The molecule has 1 atom stereocenters. The van der Waals surface area contributed by atoms with Crippen molar-refractivity contribution in [1.82, 2.24) is 25.1 Å². The van der Waals surface area contributed by atoms with E-state index >= 15 is 0 Å². The van der Waals surface area contributed by atoms with Crippen LogP contribution in [0.25, 0.3) is 10.8 Å². The molecule has 7 heteroatoms. The van der Waals surface area contributed by atoms with Crippen molar-refractivity contribution in [2.75, 3.05) is 13.1 Å². The van der Waals surface area contributed by atoms with E-state index in [2.05, 4.69) is 20.2 Å². The predicted octanol–water partition coefficient (Wildman–Crippen LogP) is 1.58. The van der Waals surface area contributed by atoms with Gasteiger partial charge in [-0.05, 0) is 19.4 Å². The fraction of sp³-hybridized carbons (Fsp3) is 0.294. The third-order valence-electron chi connectivity index (χ3n) is 4.48. The molecule has 1 aliphatic rings. The number of rotatable bonds is 2. The number of hydrogen-bond donors (Lipinski definition) is 2. The summed E-state index contributed by atoms with van der Waals surface area (Å²) in [5.74, 6) is 0.965. The second-order valence-electron chi connectivity index (χ2n) is 6.14. The number of fused-ring (bicyclic) bond motifs is 1. The molecule has 1 saturated heterocycles. The second-order valence-corrected chi connectivity index (χ2v) is 6.14. The van der Waals surface area contributed by atoms with Crippen molar-refractivity contribution < 1.29 is 4.79 Å². The number of nitrogens with zero attached hydrogens (tertiary/aromatic N) is 3. The Bertz CT molecular complexity index is 974. The summed E-state index contributed by atoms with van der Waals surface area (Å²) in [6.45, 7) is 3.21. The normalized spacial score (nSPS) is 17.5. The van der Waals surface area contributed by atoms with Crippen LogP contribution >= 0.6 is 0 Å². The first-order chi connectivity index (χ1) is 11.6. The highest BCUT2D eigenvalue weighted by molar-refractivity contribution is 6.04. The van der Waals surface area contributed by atoms with E-state index < -0.39 is 0 Å². The fourth-order valence-electron chi connectivity index (χ4n) is 3.24. The van der Waals surface area contributed by atoms with Crippen LogP contribution in [0.15, 0.2) is 35.3 Å². The predicted molar refractivity (Wildman–Crippen MR) is 88.9 cm³/mol. The van der Waals surface area contributed by atoms with Crippen LogP contribution < -0.4 is 5.56 Å². The highest BCUT2D eigenvalue weighted by Crippen LogP contribution is 2.26. The number of carbonyl (C=O) groups is 1. The molecule has 3 heterocycles. The van der Waals surface area contributed by atoms with Crippen molar-refractivity contribution in [3.63, 3.8) is 0 Å². The smallest absolute Gasteiger partial charge is 0.274 e. The summed E-state index contributed by atoms with van der Waals surface area (Å²) in [5, 5.41) is 7.49. The number of hydrogen-bond acceptors (Lipinski definition) is 4. The van der Waals surface area contributed by atoms with E-state index in [-0.39, 0.29) is 17.4 Å². The maximum Gasteiger partial charge on any atom is 0.274 e. The lowest BCUT2D eigenvalue weighted by Gasteiger charge is -2.16. The summed E-state index contributed by atoms with van der Waals surface area (Å²) in [6.07, 6.45) is 2.66. The Balaban J connectivity index is 1.63. The summed E-state index contributed by atoms with van der Waals surface area (Å²) < 4.78 is 0. The molecule has 0 bridgehead atoms. The zero-order valence-corrected chi connectivity index (χ0v) is 13.2. The number of likely N-dealkylation sites (tertiary alicyclic amines) is 1. The van der Waals surface area contributed by atoms with Gasteiger partial charge in [-0.15, -0.1) is 0 Å². The zero-order chi connectivity index (χ0) is 16.7. The van der Waals surface area contributed by atoms with Crippen LogP contribution in [-0.4, -0.2) is 44.1 Å². The molecule has 1 fully saturated rings. The average molecular weight is 323 g/mol. The highest BCUT2D eigenvalue weighted by atomic mass is 16.2. The van der Waals surface area contributed by atoms with Crippen LogP contribution in [0, 0.1) is 6.92 Å². The van der Waals surface area contributed by atoms with Crippen molar-refractivity contribution >= 4 is 16.7 Å². The van der Waals surface area contributed by atoms with E-state index in [1.165, 1.54) is 0 Å². The van der Waals surface area contributed by atoms with Crippen molar-refractivity contribution in [3.8, 4) is 0 Å². The molecule has 2 N–H and O–H groups in total. The largest absolute Gasteiger partial charge is 0.346 e. The Hall–Kier alpha value is -2.96. The summed E-state index contributed by atoms with van der Waals surface area (Å²) in [4.78, 5) is 34.1. The van der Waals surface area contributed by atoms with Crippen LogP contribution in [0.2, 0.25) is 0 Å². The van der Waals surface area contributed by atoms with Gasteiger partial charge in [-0.3, -0.25) is 9.59 Å². The van der Waals surface area contributed by atoms with Crippen molar-refractivity contribution in [2.45, 2.75) is 19.3 Å². The van der Waals surface area contributed by atoms with Gasteiger partial charge in [0.1, 0.15) is 5.82 Å². The minimum Gasteiger partial charge on any atom is -0.346 e. The number of nitrogens with one attached hydrogen (secondary N) is 2. The van der Waals surface area contributed by atoms with Gasteiger partial charge in [0, 0.05) is 36.3 Å². The first kappa shape index (κ1) is 14.6. The molecule has 0 radical (unpaired) electrons. The molecule has 4 rings (SSSR count). The van der Waals surface area contributed by atoms with Gasteiger partial charge in [-0.1, -0.05) is 18.2 Å². The van der Waals surface area contributed by atoms with E-state index in [0.717, 1.165) is 17.9 Å². The van der Waals surface area contributed by atoms with Gasteiger partial charge in [0.2, 0.25) is 0 Å². The molecule has 0 aliphatic carbocycles. The van der Waals surface area contributed by atoms with Crippen LogP contribution in [0.3, 0.4) is 0 Å². The lowest BCUT2D eigenvalue weighted by atomic mass is 10.1. The quantitative estimate of drug-likeness (QED) is 0.748. The monoisotopic (exact) mass is 323 g/mol. The second kappa shape index (κ2) is 5.59. The number of imidazole rings is 1. The topological polar surface area (TPSA) is 94.7 Å². The minimum absolute atomic E-state index is 0.159. The maximum atomic E-state index is 12.9. The Morgan fingerprint density at radius 3 is 2.83 bits per heavy atom. The Labute approximate surface area is 137 Å². The number of aromatic amines is 2. The Kier molecular flexibility index (Phi) is 3.41. The van der Waals surface area contributed by atoms with Gasteiger partial charge < -0.3 is 9.88 Å². The molecule has 7 nitrogen and oxygen atoms in total. The SMILES string of the molecule is Cc1cnc([C@@H]2CCN(C(=O)c3n[nH]c(=O)c4ccccc34)C2)[nH]1. The maximum absolute atomic E-state index is 12.9. The first-order valence-electron chi connectivity index (χ1n) is 7.91. The van der Waals surface area contributed by atoms with Crippen LogP contribution in [0.4, 0.5) is 0 Å². The van der Waals surface area contributed by atoms with Crippen molar-refractivity contribution in [1.29, 1.82) is 0 Å². The third kappa shape index (κ3) is 2.38. The van der Waals surface area contributed by atoms with Gasteiger partial charge in [0.15, 0.2) is 5.69 Å². The molecule has 1 aromatic carbocycles. The zero-order valence-electron chi connectivity index (χ0n) is 13.2. The highest BCUT2D eigenvalue weighted by Gasteiger charge is 2.31. The molecular formula is C17H17N5O2. The lowest BCUT2D eigenvalue weighted by molar-refractivity contribution is 0.0785. The molecule has 1 aliphatic heterocycles. The number of H-pyrrole nitrogens is 2. The van der Waals surface area contributed by atoms with E-state index in [4.69, 9.17) is 0 Å². The van der Waals surface area contributed by atoms with E-state index in [9.17, 15) is 9.59 Å². The van der Waals surface area contributed by atoms with Gasteiger partial charge >= 0.3 is 0 Å². The lowest BCUT2D eigenvalue weighted by Crippen LogP contribution is -2.30. The molecule has 0 saturated carbocycles. The van der Waals surface area contributed by atoms with Crippen LogP contribution in [0.5, 0.6) is 0 Å². The van der Waals surface area contributed by atoms with Crippen molar-refractivity contribution in [3.05, 3.63) is 58.0 Å². The Morgan fingerprint density at radius 1 is 1.29 bits per heavy atom. The van der Waals surface area contributed by atoms with E-state index in [0.29, 0.717) is 29.6 Å². The van der Waals surface area contributed by atoms with Gasteiger partial charge in [-0.2, -0.15) is 5.10 Å². The molecule has 2 aromatic heterocycles. The van der Waals surface area contributed by atoms with E-state index in [1.54, 1.807) is 35.4 Å². The first-order valence-corrected chi connectivity index (χ1v) is 7.91. The molecule has 122 valence electrons. The van der Waals surface area contributed by atoms with Crippen molar-refractivity contribution in [2.24, 2.45) is 0 Å². The Morgan fingerprint density at radius 2 is 2.08 bits per heavy atom. The molecule has 1 amide bonds. The standard InChI is InChI=1S/C17H17N5O2/c1-10-8-18-15(19-10)11-6-7-22(9-11)17(24)14-12-4-2-3-5-13(12)16(23)21-20-14/h2-5,8,11H,6-7,9H2,1H3,(H,18,19)(H,21,23)/t11-/m1/s1. The number of amides is 1. The van der Waals surface area contributed by atoms with Gasteiger partial charge in [0.25, 0.3) is 11.5 Å². The van der Waals surface area contributed by atoms with Gasteiger partial charge in [0.05, 0.1) is 5.39 Å². The molecule has 0 spiro atoms. The summed E-state index contributed by atoms with van der Waals surface area (Å²) in [7, 11) is 0. The number of carbonyl (C=O) groups excluding carboxylic acids is 1. The van der Waals surface area contributed by atoms with Crippen LogP contribution in [0.1, 0.15) is 34.3 Å². The summed E-state index contributed by atoms with van der Waals surface area (Å²) in [6, 6.07) is 7.04. The molecular weight excluding hydrogens is 306 g/mol. The minimum atomic E-state index is -0.285. The molecule has 3 aromatic rings. The molecule has 24 heavy (non-hydrogen) atoms. The summed E-state index contributed by atoms with van der Waals surface area (Å²) in [5.41, 5.74) is 1.03. The fourth-order valence-corrected chi connectivity index (χ4v) is 3.24. The third-order valence-corrected chi connectivity index (χ3v) is 4.48. The number of benzene rings is 1. The average Bonchev–Trinajstić information content (AvgIpc) is 3.24. The number of aryl methyl sites for hydroxylation is 1. The molecule has 0 unspecified atom stereocenters. The van der Waals surface area contributed by atoms with E-state index in [1.807, 2.05) is 6.92 Å². The number of aromatic nitrogens is 4. The van der Waals surface area contributed by atoms with Gasteiger partial charge in [-0.25, -0.2) is 10.1 Å². The summed E-state index contributed by atoms with van der Waals surface area (Å²) >= 11 is 0.